The minimum Gasteiger partial charge on any atom is -0.389 e. The van der Waals surface area contributed by atoms with E-state index in [-0.39, 0.29) is 11.9 Å². The summed E-state index contributed by atoms with van der Waals surface area (Å²) < 4.78 is 0. The maximum Gasteiger partial charge on any atom is 0.237 e. The Kier molecular flexibility index (Phi) is 4.28. The van der Waals surface area contributed by atoms with E-state index >= 15 is 0 Å². The molecular formula is C14H26N2O2. The Labute approximate surface area is 110 Å². The molecule has 0 aromatic carbocycles. The Hall–Kier alpha value is -0.610. The molecule has 1 saturated heterocycles. The van der Waals surface area contributed by atoms with Gasteiger partial charge in [0.05, 0.1) is 11.6 Å². The lowest BCUT2D eigenvalue weighted by atomic mass is 9.94. The van der Waals surface area contributed by atoms with Crippen LogP contribution in [0.5, 0.6) is 0 Å². The highest BCUT2D eigenvalue weighted by Crippen LogP contribution is 2.22. The van der Waals surface area contributed by atoms with Crippen molar-refractivity contribution in [2.75, 3.05) is 13.1 Å². The van der Waals surface area contributed by atoms with E-state index in [1.54, 1.807) is 0 Å². The van der Waals surface area contributed by atoms with Gasteiger partial charge in [-0.1, -0.05) is 12.8 Å². The molecule has 2 aliphatic rings. The summed E-state index contributed by atoms with van der Waals surface area (Å²) >= 11 is 0. The van der Waals surface area contributed by atoms with E-state index in [1.807, 2.05) is 13.8 Å². The number of hydrogen-bond acceptors (Lipinski definition) is 3. The van der Waals surface area contributed by atoms with Gasteiger partial charge in [0.2, 0.25) is 5.91 Å². The third-order valence-corrected chi connectivity index (χ3v) is 4.33. The van der Waals surface area contributed by atoms with E-state index in [9.17, 15) is 9.90 Å². The molecule has 2 fully saturated rings. The van der Waals surface area contributed by atoms with Crippen LogP contribution in [0.4, 0.5) is 0 Å². The van der Waals surface area contributed by atoms with Crippen LogP contribution in [-0.4, -0.2) is 46.7 Å². The minimum absolute atomic E-state index is 0.125. The fourth-order valence-electron chi connectivity index (χ4n) is 3.15. The smallest absolute Gasteiger partial charge is 0.237 e. The predicted molar refractivity (Wildman–Crippen MR) is 71.3 cm³/mol. The average molecular weight is 254 g/mol. The molecule has 0 aromatic heterocycles. The molecule has 1 saturated carbocycles. The molecule has 0 spiro atoms. The molecule has 2 unspecified atom stereocenters. The van der Waals surface area contributed by atoms with Gasteiger partial charge in [0.1, 0.15) is 0 Å². The van der Waals surface area contributed by atoms with Crippen molar-refractivity contribution in [1.82, 2.24) is 10.2 Å². The van der Waals surface area contributed by atoms with Crippen molar-refractivity contribution in [3.63, 3.8) is 0 Å². The summed E-state index contributed by atoms with van der Waals surface area (Å²) in [5.41, 5.74) is -0.639. The van der Waals surface area contributed by atoms with Gasteiger partial charge in [0, 0.05) is 12.6 Å². The summed E-state index contributed by atoms with van der Waals surface area (Å²) in [4.78, 5) is 14.3. The fourth-order valence-corrected chi connectivity index (χ4v) is 3.15. The number of piperidine rings is 1. The molecule has 0 bridgehead atoms. The quantitative estimate of drug-likeness (QED) is 0.798. The van der Waals surface area contributed by atoms with Gasteiger partial charge in [-0.3, -0.25) is 9.69 Å². The van der Waals surface area contributed by atoms with Gasteiger partial charge in [-0.15, -0.1) is 0 Å². The number of nitrogens with zero attached hydrogens (tertiary/aromatic N) is 1. The molecule has 1 aliphatic carbocycles. The van der Waals surface area contributed by atoms with Crippen LogP contribution in [0.1, 0.15) is 52.4 Å². The highest BCUT2D eigenvalue weighted by Gasteiger charge is 2.33. The molecule has 4 nitrogen and oxygen atoms in total. The standard InChI is InChI=1S/C14H26N2O2/c1-11(13(17)15-12-6-3-4-7-12)16-9-5-8-14(2,18)10-16/h11-12,18H,3-10H2,1-2H3,(H,15,17). The Morgan fingerprint density at radius 2 is 2.06 bits per heavy atom. The van der Waals surface area contributed by atoms with Crippen molar-refractivity contribution < 1.29 is 9.90 Å². The molecule has 1 aliphatic heterocycles. The molecule has 2 rings (SSSR count). The van der Waals surface area contributed by atoms with Gasteiger partial charge in [0.15, 0.2) is 0 Å². The highest BCUT2D eigenvalue weighted by atomic mass is 16.3. The summed E-state index contributed by atoms with van der Waals surface area (Å²) in [6.45, 7) is 5.33. The third kappa shape index (κ3) is 3.45. The zero-order valence-corrected chi connectivity index (χ0v) is 11.6. The number of hydrogen-bond donors (Lipinski definition) is 2. The zero-order valence-electron chi connectivity index (χ0n) is 11.6. The molecule has 0 aromatic rings. The second kappa shape index (κ2) is 5.57. The molecule has 1 heterocycles. The van der Waals surface area contributed by atoms with Gasteiger partial charge in [0.25, 0.3) is 0 Å². The van der Waals surface area contributed by atoms with Crippen LogP contribution in [0, 0.1) is 0 Å². The SMILES string of the molecule is CC(C(=O)NC1CCCC1)N1CCCC(C)(O)C1. The number of nitrogens with one attached hydrogen (secondary N) is 1. The first-order chi connectivity index (χ1) is 8.48. The van der Waals surface area contributed by atoms with Crippen molar-refractivity contribution in [3.8, 4) is 0 Å². The van der Waals surface area contributed by atoms with Crippen LogP contribution in [-0.2, 0) is 4.79 Å². The summed E-state index contributed by atoms with van der Waals surface area (Å²) in [5.74, 6) is 0.125. The number of amides is 1. The monoisotopic (exact) mass is 254 g/mol. The molecule has 1 amide bonds. The third-order valence-electron chi connectivity index (χ3n) is 4.33. The van der Waals surface area contributed by atoms with E-state index in [1.165, 1.54) is 12.8 Å². The van der Waals surface area contributed by atoms with E-state index in [4.69, 9.17) is 0 Å². The molecule has 104 valence electrons. The second-order valence-electron chi connectivity index (χ2n) is 6.24. The van der Waals surface area contributed by atoms with Gasteiger partial charge in [-0.25, -0.2) is 0 Å². The largest absolute Gasteiger partial charge is 0.389 e. The average Bonchev–Trinajstić information content (AvgIpc) is 2.79. The van der Waals surface area contributed by atoms with Gasteiger partial charge in [-0.05, 0) is 46.1 Å². The highest BCUT2D eigenvalue weighted by molar-refractivity contribution is 5.81. The number of likely N-dealkylation sites (tertiary alicyclic amines) is 1. The van der Waals surface area contributed by atoms with Crippen molar-refractivity contribution >= 4 is 5.91 Å². The molecule has 2 atom stereocenters. The van der Waals surface area contributed by atoms with Gasteiger partial charge < -0.3 is 10.4 Å². The first-order valence-corrected chi connectivity index (χ1v) is 7.25. The van der Waals surface area contributed by atoms with Crippen molar-refractivity contribution in [3.05, 3.63) is 0 Å². The van der Waals surface area contributed by atoms with Crippen molar-refractivity contribution in [2.24, 2.45) is 0 Å². The van der Waals surface area contributed by atoms with Gasteiger partial charge >= 0.3 is 0 Å². The fraction of sp³-hybridized carbons (Fsp3) is 0.929. The van der Waals surface area contributed by atoms with E-state index in [2.05, 4.69) is 10.2 Å². The van der Waals surface area contributed by atoms with Crippen LogP contribution in [0.15, 0.2) is 0 Å². The number of rotatable bonds is 3. The van der Waals surface area contributed by atoms with Crippen molar-refractivity contribution in [2.45, 2.75) is 70.1 Å². The maximum absolute atomic E-state index is 12.2. The predicted octanol–water partition coefficient (Wildman–Crippen LogP) is 1.28. The van der Waals surface area contributed by atoms with Crippen LogP contribution in [0.3, 0.4) is 0 Å². The lowest BCUT2D eigenvalue weighted by Gasteiger charge is -2.39. The Morgan fingerprint density at radius 1 is 1.39 bits per heavy atom. The molecule has 4 heteroatoms. The molecular weight excluding hydrogens is 228 g/mol. The van der Waals surface area contributed by atoms with Crippen LogP contribution < -0.4 is 5.32 Å². The van der Waals surface area contributed by atoms with E-state index < -0.39 is 5.60 Å². The first kappa shape index (κ1) is 13.8. The molecule has 2 N–H and O–H groups in total. The van der Waals surface area contributed by atoms with E-state index in [0.29, 0.717) is 12.6 Å². The zero-order chi connectivity index (χ0) is 13.2. The normalized spacial score (nSPS) is 32.4. The summed E-state index contributed by atoms with van der Waals surface area (Å²) in [5, 5.41) is 13.2. The van der Waals surface area contributed by atoms with Gasteiger partial charge in [-0.2, -0.15) is 0 Å². The lowest BCUT2D eigenvalue weighted by molar-refractivity contribution is -0.129. The first-order valence-electron chi connectivity index (χ1n) is 7.25. The van der Waals surface area contributed by atoms with E-state index in [0.717, 1.165) is 32.2 Å². The van der Waals surface area contributed by atoms with Crippen molar-refractivity contribution in [1.29, 1.82) is 0 Å². The second-order valence-corrected chi connectivity index (χ2v) is 6.24. The topological polar surface area (TPSA) is 52.6 Å². The Bertz CT molecular complexity index is 298. The summed E-state index contributed by atoms with van der Waals surface area (Å²) in [7, 11) is 0. The summed E-state index contributed by atoms with van der Waals surface area (Å²) in [6.07, 6.45) is 6.51. The number of carbonyl (C=O) groups excluding carboxylic acids is 1. The Morgan fingerprint density at radius 3 is 2.67 bits per heavy atom. The van der Waals surface area contributed by atoms with Crippen LogP contribution in [0.25, 0.3) is 0 Å². The summed E-state index contributed by atoms with van der Waals surface area (Å²) in [6, 6.07) is 0.252. The van der Waals surface area contributed by atoms with Crippen LogP contribution >= 0.6 is 0 Å². The maximum atomic E-state index is 12.2. The number of aliphatic hydroxyl groups is 1. The van der Waals surface area contributed by atoms with Crippen LogP contribution in [0.2, 0.25) is 0 Å². The molecule has 0 radical (unpaired) electrons. The number of β-amino-alcohol motifs (C(OH)–C–C–N with tert-alkyl or cyclic N) is 1. The molecule has 18 heavy (non-hydrogen) atoms. The number of carbonyl (C=O) groups is 1. The minimum atomic E-state index is -0.639. The Balaban J connectivity index is 1.85. The lowest BCUT2D eigenvalue weighted by Crippen LogP contribution is -2.54.